The molecule has 4 rings (SSSR count). The van der Waals surface area contributed by atoms with Crippen LogP contribution in [0, 0.1) is 0 Å². The van der Waals surface area contributed by atoms with Gasteiger partial charge in [-0.15, -0.1) is 0 Å². The van der Waals surface area contributed by atoms with Gasteiger partial charge in [-0.3, -0.25) is 9.48 Å². The number of hydrogen-bond donors (Lipinski definition) is 2. The van der Waals surface area contributed by atoms with Gasteiger partial charge in [0.2, 0.25) is 10.0 Å². The smallest absolute Gasteiger partial charge is 0.327 e. The molecule has 1 unspecified atom stereocenters. The minimum Gasteiger partial charge on any atom is -0.508 e. The lowest BCUT2D eigenvalue weighted by Gasteiger charge is -2.24. The molecule has 168 valence electrons. The number of ether oxygens (including phenoxy) is 1. The first-order valence-corrected chi connectivity index (χ1v) is 12.0. The zero-order valence-corrected chi connectivity index (χ0v) is 18.5. The van der Waals surface area contributed by atoms with Crippen LogP contribution in [0.5, 0.6) is 5.75 Å². The van der Waals surface area contributed by atoms with E-state index in [1.54, 1.807) is 60.3 Å². The number of rotatable bonds is 7. The van der Waals surface area contributed by atoms with Crippen LogP contribution in [0.25, 0.3) is 11.1 Å². The summed E-state index contributed by atoms with van der Waals surface area (Å²) in [6.07, 6.45) is 3.79. The van der Waals surface area contributed by atoms with Gasteiger partial charge >= 0.3 is 5.97 Å². The van der Waals surface area contributed by atoms with Gasteiger partial charge in [0.15, 0.2) is 0 Å². The van der Waals surface area contributed by atoms with Gasteiger partial charge in [0, 0.05) is 11.3 Å². The lowest BCUT2D eigenvalue weighted by molar-refractivity contribution is -0.144. The van der Waals surface area contributed by atoms with Gasteiger partial charge in [-0.05, 0) is 61.6 Å². The van der Waals surface area contributed by atoms with E-state index in [0.29, 0.717) is 13.0 Å². The van der Waals surface area contributed by atoms with Crippen LogP contribution in [0.4, 0.5) is 0 Å². The van der Waals surface area contributed by atoms with Gasteiger partial charge < -0.3 is 9.84 Å². The Balaban J connectivity index is 1.52. The Bertz CT molecular complexity index is 1220. The molecule has 1 aromatic heterocycles. The van der Waals surface area contributed by atoms with E-state index >= 15 is 0 Å². The van der Waals surface area contributed by atoms with E-state index in [1.165, 1.54) is 0 Å². The molecule has 1 aliphatic rings. The number of nitrogens with one attached hydrogen (secondary N) is 1. The van der Waals surface area contributed by atoms with Crippen LogP contribution >= 0.6 is 0 Å². The van der Waals surface area contributed by atoms with Crippen LogP contribution in [0.3, 0.4) is 0 Å². The standard InChI is InChI=1S/C23H25N3O5S/c1-2-31-23(28)15-26-22-8-4-7-21(20(22)14-24-26)25-32(29,30)19-11-9-16(10-12-19)17-5-3-6-18(27)13-17/h3,5-6,9-14,21,25,27H,2,4,7-8,15H2,1H3. The van der Waals surface area contributed by atoms with Gasteiger partial charge in [-0.25, -0.2) is 13.1 Å². The first-order valence-electron chi connectivity index (χ1n) is 10.5. The third-order valence-corrected chi connectivity index (χ3v) is 6.98. The number of aromatic hydroxyl groups is 1. The molecule has 0 saturated heterocycles. The van der Waals surface area contributed by atoms with Gasteiger partial charge in [0.05, 0.1) is 23.7 Å². The number of nitrogens with zero attached hydrogens (tertiary/aromatic N) is 2. The normalized spacial score (nSPS) is 15.8. The Morgan fingerprint density at radius 2 is 2.00 bits per heavy atom. The van der Waals surface area contributed by atoms with E-state index in [2.05, 4.69) is 9.82 Å². The number of hydrogen-bond acceptors (Lipinski definition) is 6. The first-order chi connectivity index (χ1) is 15.4. The number of benzene rings is 2. The van der Waals surface area contributed by atoms with Crippen molar-refractivity contribution in [1.82, 2.24) is 14.5 Å². The Hall–Kier alpha value is -3.17. The van der Waals surface area contributed by atoms with Crippen molar-refractivity contribution < 1.29 is 23.1 Å². The SMILES string of the molecule is CCOC(=O)Cn1ncc2c1CCCC2NS(=O)(=O)c1ccc(-c2cccc(O)c2)cc1. The van der Waals surface area contributed by atoms with Crippen LogP contribution in [-0.2, 0) is 32.5 Å². The number of esters is 1. The summed E-state index contributed by atoms with van der Waals surface area (Å²) in [5, 5.41) is 13.9. The van der Waals surface area contributed by atoms with Crippen molar-refractivity contribution in [3.8, 4) is 16.9 Å². The molecule has 1 aliphatic carbocycles. The molecule has 0 saturated carbocycles. The number of carbonyl (C=O) groups is 1. The lowest BCUT2D eigenvalue weighted by atomic mass is 9.94. The fraction of sp³-hybridized carbons (Fsp3) is 0.304. The van der Waals surface area contributed by atoms with E-state index in [-0.39, 0.29) is 23.2 Å². The second-order valence-electron chi connectivity index (χ2n) is 7.65. The largest absolute Gasteiger partial charge is 0.508 e. The average Bonchev–Trinajstić information content (AvgIpc) is 3.17. The van der Waals surface area contributed by atoms with Crippen LogP contribution in [0.1, 0.15) is 37.1 Å². The van der Waals surface area contributed by atoms with Crippen LogP contribution < -0.4 is 4.72 Å². The van der Waals surface area contributed by atoms with Crippen LogP contribution in [-0.4, -0.2) is 35.9 Å². The number of aromatic nitrogens is 2. The molecule has 0 spiro atoms. The van der Waals surface area contributed by atoms with Crippen LogP contribution in [0.2, 0.25) is 0 Å². The van der Waals surface area contributed by atoms with Crippen molar-refractivity contribution in [3.05, 3.63) is 66.0 Å². The summed E-state index contributed by atoms with van der Waals surface area (Å²) in [5.41, 5.74) is 3.25. The maximum absolute atomic E-state index is 13.0. The fourth-order valence-electron chi connectivity index (χ4n) is 3.97. The Morgan fingerprint density at radius 3 is 2.72 bits per heavy atom. The van der Waals surface area contributed by atoms with Crippen molar-refractivity contribution in [2.24, 2.45) is 0 Å². The molecule has 0 radical (unpaired) electrons. The number of sulfonamides is 1. The summed E-state index contributed by atoms with van der Waals surface area (Å²) >= 11 is 0. The Kier molecular flexibility index (Phi) is 6.29. The highest BCUT2D eigenvalue weighted by Crippen LogP contribution is 2.31. The molecule has 1 atom stereocenters. The topological polar surface area (TPSA) is 111 Å². The van der Waals surface area contributed by atoms with Gasteiger partial charge in [0.25, 0.3) is 0 Å². The third kappa shape index (κ3) is 4.68. The highest BCUT2D eigenvalue weighted by atomic mass is 32.2. The van der Waals surface area contributed by atoms with Crippen LogP contribution in [0.15, 0.2) is 59.6 Å². The van der Waals surface area contributed by atoms with E-state index < -0.39 is 16.1 Å². The summed E-state index contributed by atoms with van der Waals surface area (Å²) in [6, 6.07) is 12.9. The molecular weight excluding hydrogens is 430 g/mol. The molecule has 0 bridgehead atoms. The monoisotopic (exact) mass is 455 g/mol. The molecule has 1 heterocycles. The maximum atomic E-state index is 13.0. The maximum Gasteiger partial charge on any atom is 0.327 e. The van der Waals surface area contributed by atoms with Crippen molar-refractivity contribution in [2.45, 2.75) is 43.7 Å². The Morgan fingerprint density at radius 1 is 1.22 bits per heavy atom. The second kappa shape index (κ2) is 9.13. The van der Waals surface area contributed by atoms with Crippen molar-refractivity contribution >= 4 is 16.0 Å². The van der Waals surface area contributed by atoms with Crippen molar-refractivity contribution in [1.29, 1.82) is 0 Å². The molecule has 9 heteroatoms. The van der Waals surface area contributed by atoms with Gasteiger partial charge in [-0.1, -0.05) is 24.3 Å². The molecule has 2 aromatic carbocycles. The minimum atomic E-state index is -3.76. The first kappa shape index (κ1) is 22.0. The number of phenolic OH excluding ortho intramolecular Hbond substituents is 1. The summed E-state index contributed by atoms with van der Waals surface area (Å²) in [5.74, 6) is -0.217. The van der Waals surface area contributed by atoms with Crippen molar-refractivity contribution in [3.63, 3.8) is 0 Å². The Labute approximate surface area is 186 Å². The van der Waals surface area contributed by atoms with E-state index in [1.807, 2.05) is 6.07 Å². The molecule has 0 aliphatic heterocycles. The fourth-order valence-corrected chi connectivity index (χ4v) is 5.22. The molecular formula is C23H25N3O5S. The predicted molar refractivity (Wildman–Crippen MR) is 118 cm³/mol. The highest BCUT2D eigenvalue weighted by Gasteiger charge is 2.29. The average molecular weight is 456 g/mol. The molecule has 0 fully saturated rings. The third-order valence-electron chi connectivity index (χ3n) is 5.49. The van der Waals surface area contributed by atoms with Gasteiger partial charge in [-0.2, -0.15) is 5.10 Å². The predicted octanol–water partition coefficient (Wildman–Crippen LogP) is 3.17. The summed E-state index contributed by atoms with van der Waals surface area (Å²) in [4.78, 5) is 12.0. The minimum absolute atomic E-state index is 0.0130. The molecule has 0 amide bonds. The molecule has 32 heavy (non-hydrogen) atoms. The molecule has 8 nitrogen and oxygen atoms in total. The zero-order valence-electron chi connectivity index (χ0n) is 17.7. The molecule has 2 N–H and O–H groups in total. The number of phenols is 1. The summed E-state index contributed by atoms with van der Waals surface area (Å²) in [6.45, 7) is 2.06. The number of carbonyl (C=O) groups excluding carboxylic acids is 1. The van der Waals surface area contributed by atoms with E-state index in [9.17, 15) is 18.3 Å². The van der Waals surface area contributed by atoms with Crippen molar-refractivity contribution in [2.75, 3.05) is 6.61 Å². The lowest BCUT2D eigenvalue weighted by Crippen LogP contribution is -2.31. The quantitative estimate of drug-likeness (QED) is 0.530. The number of fused-ring (bicyclic) bond motifs is 1. The summed E-state index contributed by atoms with van der Waals surface area (Å²) in [7, 11) is -3.76. The molecule has 3 aromatic rings. The highest BCUT2D eigenvalue weighted by molar-refractivity contribution is 7.89. The zero-order chi connectivity index (χ0) is 22.7. The second-order valence-corrected chi connectivity index (χ2v) is 9.36. The summed E-state index contributed by atoms with van der Waals surface area (Å²) < 4.78 is 35.4. The van der Waals surface area contributed by atoms with E-state index in [0.717, 1.165) is 35.2 Å². The van der Waals surface area contributed by atoms with Gasteiger partial charge in [0.1, 0.15) is 12.3 Å². The van der Waals surface area contributed by atoms with E-state index in [4.69, 9.17) is 4.74 Å².